The summed E-state index contributed by atoms with van der Waals surface area (Å²) in [6.45, 7) is 0.694. The lowest BCUT2D eigenvalue weighted by Crippen LogP contribution is -2.49. The third-order valence-corrected chi connectivity index (χ3v) is 7.08. The number of nitrogens with one attached hydrogen (secondary N) is 1. The smallest absolute Gasteiger partial charge is 0.230 e. The highest BCUT2D eigenvalue weighted by Crippen LogP contribution is 2.43. The molecular formula is C22H30N4OS. The summed E-state index contributed by atoms with van der Waals surface area (Å²) in [6.07, 6.45) is 11.9. The largest absolute Gasteiger partial charge is 0.355 e. The minimum atomic E-state index is -0.308. The predicted molar refractivity (Wildman–Crippen MR) is 113 cm³/mol. The molecule has 0 atom stereocenters. The SMILES string of the molecule is CSc1nnc(CCCNC(=O)C2(c3ccccc3)CCC2)n1C1CCCC1. The van der Waals surface area contributed by atoms with Crippen LogP contribution in [0.5, 0.6) is 0 Å². The van der Waals surface area contributed by atoms with Gasteiger partial charge in [0.25, 0.3) is 0 Å². The molecule has 2 aliphatic carbocycles. The summed E-state index contributed by atoms with van der Waals surface area (Å²) in [4.78, 5) is 12.9. The second-order valence-corrected chi connectivity index (χ2v) is 8.85. The Hall–Kier alpha value is -1.82. The zero-order chi connectivity index (χ0) is 19.4. The molecule has 0 unspecified atom stereocenters. The summed E-state index contributed by atoms with van der Waals surface area (Å²) in [5, 5.41) is 13.1. The Kier molecular flexibility index (Phi) is 6.04. The molecule has 5 nitrogen and oxygen atoms in total. The maximum atomic E-state index is 12.9. The lowest BCUT2D eigenvalue weighted by molar-refractivity contribution is -0.129. The number of carbonyl (C=O) groups excluding carboxylic acids is 1. The lowest BCUT2D eigenvalue weighted by Gasteiger charge is -2.40. The number of benzene rings is 1. The molecule has 4 rings (SSSR count). The van der Waals surface area contributed by atoms with Crippen LogP contribution in [0.4, 0.5) is 0 Å². The predicted octanol–water partition coefficient (Wildman–Crippen LogP) is 4.29. The highest BCUT2D eigenvalue weighted by Gasteiger charge is 2.45. The average molecular weight is 399 g/mol. The van der Waals surface area contributed by atoms with Crippen LogP contribution >= 0.6 is 11.8 Å². The van der Waals surface area contributed by atoms with E-state index in [1.807, 2.05) is 18.2 Å². The number of nitrogens with zero attached hydrogens (tertiary/aromatic N) is 3. The van der Waals surface area contributed by atoms with Crippen LogP contribution in [0.15, 0.2) is 35.5 Å². The van der Waals surface area contributed by atoms with Crippen LogP contribution in [0.2, 0.25) is 0 Å². The fourth-order valence-corrected chi connectivity index (χ4v) is 5.27. The topological polar surface area (TPSA) is 59.8 Å². The van der Waals surface area contributed by atoms with Crippen molar-refractivity contribution < 1.29 is 4.79 Å². The van der Waals surface area contributed by atoms with E-state index in [1.165, 1.54) is 25.7 Å². The van der Waals surface area contributed by atoms with E-state index in [2.05, 4.69) is 38.5 Å². The molecule has 0 spiro atoms. The maximum absolute atomic E-state index is 12.9. The number of aryl methyl sites for hydroxylation is 1. The zero-order valence-corrected chi connectivity index (χ0v) is 17.5. The normalized spacial score (nSPS) is 18.8. The Morgan fingerprint density at radius 2 is 1.93 bits per heavy atom. The van der Waals surface area contributed by atoms with Gasteiger partial charge in [-0.15, -0.1) is 10.2 Å². The third-order valence-electron chi connectivity index (χ3n) is 6.44. The van der Waals surface area contributed by atoms with Crippen LogP contribution in [0, 0.1) is 0 Å². The molecule has 150 valence electrons. The van der Waals surface area contributed by atoms with Gasteiger partial charge in [0, 0.05) is 19.0 Å². The van der Waals surface area contributed by atoms with Crippen LogP contribution in [-0.2, 0) is 16.6 Å². The molecule has 0 aliphatic heterocycles. The molecular weight excluding hydrogens is 368 g/mol. The molecule has 28 heavy (non-hydrogen) atoms. The number of amides is 1. The average Bonchev–Trinajstić information content (AvgIpc) is 3.34. The van der Waals surface area contributed by atoms with Crippen LogP contribution in [0.1, 0.15) is 68.8 Å². The monoisotopic (exact) mass is 398 g/mol. The molecule has 6 heteroatoms. The fourth-order valence-electron chi connectivity index (χ4n) is 4.70. The van der Waals surface area contributed by atoms with Crippen molar-refractivity contribution in [1.29, 1.82) is 0 Å². The van der Waals surface area contributed by atoms with Crippen molar-refractivity contribution in [3.05, 3.63) is 41.7 Å². The van der Waals surface area contributed by atoms with Crippen molar-refractivity contribution in [1.82, 2.24) is 20.1 Å². The highest BCUT2D eigenvalue weighted by atomic mass is 32.2. The van der Waals surface area contributed by atoms with E-state index < -0.39 is 0 Å². The Morgan fingerprint density at radius 1 is 1.18 bits per heavy atom. The third kappa shape index (κ3) is 3.71. The van der Waals surface area contributed by atoms with Crippen LogP contribution in [0.25, 0.3) is 0 Å². The molecule has 2 aromatic rings. The van der Waals surface area contributed by atoms with Crippen LogP contribution in [-0.4, -0.2) is 33.5 Å². The molecule has 1 aromatic heterocycles. The first-order chi connectivity index (χ1) is 13.7. The van der Waals surface area contributed by atoms with Crippen molar-refractivity contribution in [2.75, 3.05) is 12.8 Å². The Labute approximate surface area is 171 Å². The Balaban J connectivity index is 1.34. The molecule has 0 bridgehead atoms. The number of aromatic nitrogens is 3. The summed E-state index contributed by atoms with van der Waals surface area (Å²) in [5.74, 6) is 1.26. The second-order valence-electron chi connectivity index (χ2n) is 8.07. The van der Waals surface area contributed by atoms with E-state index >= 15 is 0 Å². The van der Waals surface area contributed by atoms with Gasteiger partial charge in [0.15, 0.2) is 5.16 Å². The van der Waals surface area contributed by atoms with E-state index in [-0.39, 0.29) is 11.3 Å². The van der Waals surface area contributed by atoms with Crippen molar-refractivity contribution in [3.63, 3.8) is 0 Å². The van der Waals surface area contributed by atoms with Gasteiger partial charge in [0.1, 0.15) is 5.82 Å². The number of hydrogen-bond acceptors (Lipinski definition) is 4. The standard InChI is InChI=1S/C22H30N4OS/c1-28-21-25-24-19(26(21)18-11-5-6-12-18)13-7-16-23-20(27)22(14-8-15-22)17-9-3-2-4-10-17/h2-4,9-10,18H,5-8,11-16H2,1H3,(H,23,27). The van der Waals surface area contributed by atoms with E-state index in [0.717, 1.165) is 48.6 Å². The molecule has 0 saturated heterocycles. The van der Waals surface area contributed by atoms with Crippen molar-refractivity contribution in [2.45, 2.75) is 74.4 Å². The number of hydrogen-bond donors (Lipinski definition) is 1. The first kappa shape index (κ1) is 19.5. The molecule has 2 saturated carbocycles. The molecule has 1 heterocycles. The number of carbonyl (C=O) groups is 1. The minimum Gasteiger partial charge on any atom is -0.355 e. The highest BCUT2D eigenvalue weighted by molar-refractivity contribution is 7.98. The summed E-state index contributed by atoms with van der Waals surface area (Å²) in [6, 6.07) is 10.8. The zero-order valence-electron chi connectivity index (χ0n) is 16.7. The molecule has 0 radical (unpaired) electrons. The van der Waals surface area contributed by atoms with Gasteiger partial charge in [-0.1, -0.05) is 61.4 Å². The van der Waals surface area contributed by atoms with E-state index in [1.54, 1.807) is 11.8 Å². The van der Waals surface area contributed by atoms with Crippen molar-refractivity contribution in [3.8, 4) is 0 Å². The van der Waals surface area contributed by atoms with Crippen molar-refractivity contribution >= 4 is 17.7 Å². The maximum Gasteiger partial charge on any atom is 0.230 e. The van der Waals surface area contributed by atoms with E-state index in [0.29, 0.717) is 12.6 Å². The Morgan fingerprint density at radius 3 is 2.57 bits per heavy atom. The van der Waals surface area contributed by atoms with Gasteiger partial charge in [0.05, 0.1) is 5.41 Å². The summed E-state index contributed by atoms with van der Waals surface area (Å²) < 4.78 is 2.36. The summed E-state index contributed by atoms with van der Waals surface area (Å²) in [7, 11) is 0. The van der Waals surface area contributed by atoms with Gasteiger partial charge >= 0.3 is 0 Å². The molecule has 1 amide bonds. The first-order valence-electron chi connectivity index (χ1n) is 10.6. The van der Waals surface area contributed by atoms with Crippen molar-refractivity contribution in [2.24, 2.45) is 0 Å². The summed E-state index contributed by atoms with van der Waals surface area (Å²) >= 11 is 1.68. The quantitative estimate of drug-likeness (QED) is 0.532. The van der Waals surface area contributed by atoms with Crippen LogP contribution in [0.3, 0.4) is 0 Å². The lowest BCUT2D eigenvalue weighted by atomic mass is 9.64. The summed E-state index contributed by atoms with van der Waals surface area (Å²) in [5.41, 5.74) is 0.848. The molecule has 2 fully saturated rings. The molecule has 1 aromatic carbocycles. The van der Waals surface area contributed by atoms with Gasteiger partial charge < -0.3 is 9.88 Å². The number of thioether (sulfide) groups is 1. The Bertz CT molecular complexity index is 794. The van der Waals surface area contributed by atoms with Gasteiger partial charge in [-0.25, -0.2) is 0 Å². The second kappa shape index (κ2) is 8.68. The van der Waals surface area contributed by atoms with Gasteiger partial charge in [-0.2, -0.15) is 0 Å². The fraction of sp³-hybridized carbons (Fsp3) is 0.591. The van der Waals surface area contributed by atoms with E-state index in [4.69, 9.17) is 0 Å². The number of rotatable bonds is 8. The molecule has 1 N–H and O–H groups in total. The van der Waals surface area contributed by atoms with Gasteiger partial charge in [-0.3, -0.25) is 4.79 Å². The van der Waals surface area contributed by atoms with E-state index in [9.17, 15) is 4.79 Å². The van der Waals surface area contributed by atoms with Gasteiger partial charge in [0.2, 0.25) is 5.91 Å². The van der Waals surface area contributed by atoms with Crippen LogP contribution < -0.4 is 5.32 Å². The minimum absolute atomic E-state index is 0.187. The first-order valence-corrected chi connectivity index (χ1v) is 11.8. The molecule has 2 aliphatic rings. The van der Waals surface area contributed by atoms with Gasteiger partial charge in [-0.05, 0) is 43.9 Å².